The fraction of sp³-hybridized carbons (Fsp3) is 0.308. The summed E-state index contributed by atoms with van der Waals surface area (Å²) in [6.07, 6.45) is 0. The van der Waals surface area contributed by atoms with E-state index in [0.717, 1.165) is 15.6 Å². The van der Waals surface area contributed by atoms with Crippen LogP contribution in [-0.4, -0.2) is 18.0 Å². The van der Waals surface area contributed by atoms with Gasteiger partial charge in [0.15, 0.2) is 5.89 Å². The number of oxazole rings is 1. The van der Waals surface area contributed by atoms with Crippen molar-refractivity contribution in [3.05, 3.63) is 32.9 Å². The molecule has 100 valence electrons. The SMILES string of the molecule is [B]OC(=C(C#N)c1nc(C)oc1C)c1sc(C)nc1C. The predicted octanol–water partition coefficient (Wildman–Crippen LogP) is 2.86. The molecule has 0 amide bonds. The smallest absolute Gasteiger partial charge is 0.374 e. The molecule has 0 unspecified atom stereocenters. The van der Waals surface area contributed by atoms with Gasteiger partial charge in [-0.25, -0.2) is 9.97 Å². The average molecular weight is 285 g/mol. The first-order chi connectivity index (χ1) is 9.47. The molecule has 2 aromatic heterocycles. The number of nitriles is 1. The number of hydrogen-bond donors (Lipinski definition) is 0. The first kappa shape index (κ1) is 14.3. The lowest BCUT2D eigenvalue weighted by molar-refractivity contribution is 0.494. The van der Waals surface area contributed by atoms with Gasteiger partial charge in [0.1, 0.15) is 28.9 Å². The Labute approximate surface area is 122 Å². The van der Waals surface area contributed by atoms with E-state index in [0.29, 0.717) is 17.3 Å². The molecule has 0 spiro atoms. The summed E-state index contributed by atoms with van der Waals surface area (Å²) in [6, 6.07) is 2.09. The van der Waals surface area contributed by atoms with Crippen molar-refractivity contribution in [1.29, 1.82) is 5.26 Å². The van der Waals surface area contributed by atoms with Crippen LogP contribution < -0.4 is 0 Å². The fourth-order valence-corrected chi connectivity index (χ4v) is 2.85. The number of thiazole rings is 1. The van der Waals surface area contributed by atoms with Crippen molar-refractivity contribution >= 4 is 30.7 Å². The number of nitrogens with zero attached hydrogens (tertiary/aromatic N) is 3. The molecule has 0 N–H and O–H groups in total. The van der Waals surface area contributed by atoms with Gasteiger partial charge in [-0.15, -0.1) is 11.3 Å². The maximum absolute atomic E-state index is 9.43. The molecule has 0 aromatic carbocycles. The second-order valence-electron chi connectivity index (χ2n) is 4.22. The Bertz CT molecular complexity index is 725. The van der Waals surface area contributed by atoms with Gasteiger partial charge in [0, 0.05) is 6.92 Å². The first-order valence-electron chi connectivity index (χ1n) is 5.87. The van der Waals surface area contributed by atoms with E-state index < -0.39 is 0 Å². The van der Waals surface area contributed by atoms with Crippen LogP contribution >= 0.6 is 11.3 Å². The van der Waals surface area contributed by atoms with Gasteiger partial charge in [-0.1, -0.05) is 0 Å². The molecule has 2 rings (SSSR count). The van der Waals surface area contributed by atoms with Crippen molar-refractivity contribution in [2.45, 2.75) is 27.7 Å². The van der Waals surface area contributed by atoms with Crippen LogP contribution in [-0.2, 0) is 4.65 Å². The molecule has 0 aliphatic carbocycles. The number of aryl methyl sites for hydroxylation is 4. The normalized spacial score (nSPS) is 11.9. The van der Waals surface area contributed by atoms with Crippen LogP contribution in [0.4, 0.5) is 0 Å². The molecule has 0 aliphatic heterocycles. The summed E-state index contributed by atoms with van der Waals surface area (Å²) < 4.78 is 10.3. The van der Waals surface area contributed by atoms with E-state index in [2.05, 4.69) is 16.0 Å². The highest BCUT2D eigenvalue weighted by Gasteiger charge is 2.21. The molecular formula is C13H12BN3O2S. The minimum Gasteiger partial charge on any atom is -0.566 e. The van der Waals surface area contributed by atoms with E-state index in [9.17, 15) is 5.26 Å². The largest absolute Gasteiger partial charge is 0.566 e. The van der Waals surface area contributed by atoms with Crippen molar-refractivity contribution < 1.29 is 9.07 Å². The van der Waals surface area contributed by atoms with E-state index >= 15 is 0 Å². The number of aromatic nitrogens is 2. The maximum Gasteiger partial charge on any atom is 0.374 e. The summed E-state index contributed by atoms with van der Waals surface area (Å²) in [5.74, 6) is 1.30. The fourth-order valence-electron chi connectivity index (χ4n) is 1.94. The van der Waals surface area contributed by atoms with Gasteiger partial charge in [0.05, 0.1) is 15.6 Å². The lowest BCUT2D eigenvalue weighted by Crippen LogP contribution is -1.96. The molecule has 0 bridgehead atoms. The van der Waals surface area contributed by atoms with Crippen LogP contribution in [0.5, 0.6) is 0 Å². The minimum atomic E-state index is 0.244. The Morgan fingerprint density at radius 1 is 1.30 bits per heavy atom. The third kappa shape index (κ3) is 2.47. The third-order valence-corrected chi connectivity index (χ3v) is 3.78. The van der Waals surface area contributed by atoms with Crippen LogP contribution in [0.1, 0.15) is 32.9 Å². The predicted molar refractivity (Wildman–Crippen MR) is 76.8 cm³/mol. The van der Waals surface area contributed by atoms with Crippen molar-refractivity contribution in [1.82, 2.24) is 9.97 Å². The zero-order valence-electron chi connectivity index (χ0n) is 11.6. The Morgan fingerprint density at radius 2 is 2.00 bits per heavy atom. The summed E-state index contributed by atoms with van der Waals surface area (Å²) in [5, 5.41) is 10.3. The molecule has 0 atom stereocenters. The highest BCUT2D eigenvalue weighted by atomic mass is 32.1. The van der Waals surface area contributed by atoms with Crippen LogP contribution in [0.15, 0.2) is 4.42 Å². The molecule has 2 heterocycles. The van der Waals surface area contributed by atoms with Gasteiger partial charge in [-0.05, 0) is 20.8 Å². The summed E-state index contributed by atoms with van der Waals surface area (Å²) in [4.78, 5) is 9.25. The van der Waals surface area contributed by atoms with Crippen molar-refractivity contribution in [3.63, 3.8) is 0 Å². The van der Waals surface area contributed by atoms with Crippen LogP contribution in [0, 0.1) is 39.0 Å². The van der Waals surface area contributed by atoms with Gasteiger partial charge in [0.25, 0.3) is 0 Å². The van der Waals surface area contributed by atoms with Gasteiger partial charge in [-0.2, -0.15) is 5.26 Å². The zero-order valence-corrected chi connectivity index (χ0v) is 12.5. The maximum atomic E-state index is 9.43. The van der Waals surface area contributed by atoms with Gasteiger partial charge in [0.2, 0.25) is 0 Å². The monoisotopic (exact) mass is 285 g/mol. The Balaban J connectivity index is 2.69. The zero-order chi connectivity index (χ0) is 14.9. The van der Waals surface area contributed by atoms with Crippen molar-refractivity contribution in [2.75, 3.05) is 0 Å². The van der Waals surface area contributed by atoms with E-state index in [1.807, 2.05) is 13.8 Å². The second kappa shape index (κ2) is 5.51. The molecule has 0 aliphatic rings. The van der Waals surface area contributed by atoms with Crippen LogP contribution in [0.2, 0.25) is 0 Å². The van der Waals surface area contributed by atoms with Crippen molar-refractivity contribution in [3.8, 4) is 6.07 Å². The Kier molecular flexibility index (Phi) is 3.95. The number of rotatable bonds is 3. The standard InChI is InChI=1S/C13H12BN3O2S/c1-6-13(20-9(4)16-6)12(19-14)10(5-15)11-7(2)18-8(3)17-11/h1-4H3. The number of hydrogen-bond acceptors (Lipinski definition) is 6. The second-order valence-corrected chi connectivity index (χ2v) is 5.42. The quantitative estimate of drug-likeness (QED) is 0.492. The molecule has 0 saturated carbocycles. The van der Waals surface area contributed by atoms with E-state index in [4.69, 9.17) is 17.1 Å². The Morgan fingerprint density at radius 3 is 2.40 bits per heavy atom. The van der Waals surface area contributed by atoms with Crippen LogP contribution in [0.3, 0.4) is 0 Å². The molecule has 0 fully saturated rings. The molecular weight excluding hydrogens is 273 g/mol. The molecule has 2 radical (unpaired) electrons. The van der Waals surface area contributed by atoms with Gasteiger partial charge in [-0.3, -0.25) is 0 Å². The summed E-state index contributed by atoms with van der Waals surface area (Å²) in [5.41, 5.74) is 1.45. The molecule has 0 saturated heterocycles. The Hall–Kier alpha value is -2.07. The summed E-state index contributed by atoms with van der Waals surface area (Å²) in [6.45, 7) is 7.18. The number of allylic oxidation sites excluding steroid dienone is 1. The van der Waals surface area contributed by atoms with E-state index in [1.165, 1.54) is 11.3 Å². The lowest BCUT2D eigenvalue weighted by atomic mass is 10.1. The molecule has 20 heavy (non-hydrogen) atoms. The average Bonchev–Trinajstić information content (AvgIpc) is 2.88. The topological polar surface area (TPSA) is 71.9 Å². The molecule has 7 heteroatoms. The minimum absolute atomic E-state index is 0.244. The molecule has 5 nitrogen and oxygen atoms in total. The van der Waals surface area contributed by atoms with Crippen molar-refractivity contribution in [2.24, 2.45) is 0 Å². The highest BCUT2D eigenvalue weighted by molar-refractivity contribution is 7.12. The van der Waals surface area contributed by atoms with Gasteiger partial charge < -0.3 is 9.07 Å². The molecule has 2 aromatic rings. The summed E-state index contributed by atoms with van der Waals surface area (Å²) in [7, 11) is 5.37. The van der Waals surface area contributed by atoms with Gasteiger partial charge >= 0.3 is 8.05 Å². The third-order valence-electron chi connectivity index (χ3n) is 2.71. The van der Waals surface area contributed by atoms with Crippen LogP contribution in [0.25, 0.3) is 11.3 Å². The van der Waals surface area contributed by atoms with E-state index in [1.54, 1.807) is 13.8 Å². The highest BCUT2D eigenvalue weighted by Crippen LogP contribution is 2.33. The van der Waals surface area contributed by atoms with E-state index in [-0.39, 0.29) is 11.3 Å². The first-order valence-corrected chi connectivity index (χ1v) is 6.69. The lowest BCUT2D eigenvalue weighted by Gasteiger charge is -2.07. The summed E-state index contributed by atoms with van der Waals surface area (Å²) >= 11 is 1.41.